The third-order valence-corrected chi connectivity index (χ3v) is 4.61. The standard InChI is InChI=1S/C19H15ClFN3O/c20-13-4-1-3-12(9-13)15-11-16(15)19(25)23-14-5-6-18(17(21)10-14)24-8-2-7-22-24/h1-10,15-16H,11H2,(H,23,25). The van der Waals surface area contributed by atoms with Crippen molar-refractivity contribution in [2.24, 2.45) is 5.92 Å². The molecular formula is C19H15ClFN3O. The summed E-state index contributed by atoms with van der Waals surface area (Å²) in [6.45, 7) is 0. The lowest BCUT2D eigenvalue weighted by molar-refractivity contribution is -0.117. The first kappa shape index (κ1) is 15.8. The quantitative estimate of drug-likeness (QED) is 0.753. The topological polar surface area (TPSA) is 46.9 Å². The Morgan fingerprint density at radius 1 is 1.24 bits per heavy atom. The van der Waals surface area contributed by atoms with Crippen LogP contribution in [-0.4, -0.2) is 15.7 Å². The van der Waals surface area contributed by atoms with Crippen LogP contribution in [0.25, 0.3) is 5.69 Å². The van der Waals surface area contributed by atoms with Gasteiger partial charge in [-0.3, -0.25) is 4.79 Å². The van der Waals surface area contributed by atoms with E-state index in [4.69, 9.17) is 11.6 Å². The number of hydrogen-bond acceptors (Lipinski definition) is 2. The molecule has 0 radical (unpaired) electrons. The van der Waals surface area contributed by atoms with E-state index in [1.807, 2.05) is 24.3 Å². The number of carbonyl (C=O) groups excluding carboxylic acids is 1. The molecule has 1 aliphatic rings. The molecule has 2 atom stereocenters. The lowest BCUT2D eigenvalue weighted by atomic mass is 10.1. The summed E-state index contributed by atoms with van der Waals surface area (Å²) in [5, 5.41) is 7.46. The summed E-state index contributed by atoms with van der Waals surface area (Å²) in [4.78, 5) is 12.4. The van der Waals surface area contributed by atoms with Crippen LogP contribution < -0.4 is 5.32 Å². The Bertz CT molecular complexity index is 926. The molecule has 2 unspecified atom stereocenters. The molecule has 1 saturated carbocycles. The molecule has 0 saturated heterocycles. The van der Waals surface area contributed by atoms with Gasteiger partial charge in [-0.25, -0.2) is 9.07 Å². The molecule has 6 heteroatoms. The number of benzene rings is 2. The smallest absolute Gasteiger partial charge is 0.228 e. The van der Waals surface area contributed by atoms with Gasteiger partial charge in [0.1, 0.15) is 5.69 Å². The molecule has 1 aromatic heterocycles. The first-order chi connectivity index (χ1) is 12.1. The van der Waals surface area contributed by atoms with Crippen molar-refractivity contribution in [1.29, 1.82) is 0 Å². The fourth-order valence-corrected chi connectivity index (χ4v) is 3.21. The molecule has 1 N–H and O–H groups in total. The number of aromatic nitrogens is 2. The summed E-state index contributed by atoms with van der Waals surface area (Å²) in [5.41, 5.74) is 1.84. The molecule has 126 valence electrons. The molecule has 3 aromatic rings. The van der Waals surface area contributed by atoms with E-state index < -0.39 is 5.82 Å². The Morgan fingerprint density at radius 2 is 2.12 bits per heavy atom. The zero-order valence-electron chi connectivity index (χ0n) is 13.2. The highest BCUT2D eigenvalue weighted by molar-refractivity contribution is 6.30. The van der Waals surface area contributed by atoms with Crippen molar-refractivity contribution in [3.05, 3.63) is 77.3 Å². The van der Waals surface area contributed by atoms with Crippen LogP contribution in [-0.2, 0) is 4.79 Å². The second-order valence-corrected chi connectivity index (χ2v) is 6.55. The van der Waals surface area contributed by atoms with Gasteiger partial charge in [0.15, 0.2) is 5.82 Å². The number of hydrogen-bond donors (Lipinski definition) is 1. The van der Waals surface area contributed by atoms with Crippen LogP contribution in [0.4, 0.5) is 10.1 Å². The fraction of sp³-hybridized carbons (Fsp3) is 0.158. The van der Waals surface area contributed by atoms with E-state index in [0.717, 1.165) is 12.0 Å². The SMILES string of the molecule is O=C(Nc1ccc(-n2cccn2)c(F)c1)C1CC1c1cccc(Cl)c1. The van der Waals surface area contributed by atoms with Gasteiger partial charge in [0, 0.05) is 29.0 Å². The molecule has 1 heterocycles. The molecule has 2 aromatic carbocycles. The van der Waals surface area contributed by atoms with E-state index in [1.54, 1.807) is 30.6 Å². The highest BCUT2D eigenvalue weighted by atomic mass is 35.5. The van der Waals surface area contributed by atoms with Crippen LogP contribution in [0, 0.1) is 11.7 Å². The average molecular weight is 356 g/mol. The van der Waals surface area contributed by atoms with E-state index >= 15 is 0 Å². The minimum Gasteiger partial charge on any atom is -0.326 e. The average Bonchev–Trinajstić information content (AvgIpc) is 3.22. The highest BCUT2D eigenvalue weighted by Gasteiger charge is 2.44. The number of rotatable bonds is 4. The molecule has 0 bridgehead atoms. The third kappa shape index (κ3) is 3.28. The number of carbonyl (C=O) groups is 1. The van der Waals surface area contributed by atoms with Gasteiger partial charge in [-0.1, -0.05) is 23.7 Å². The second-order valence-electron chi connectivity index (χ2n) is 6.11. The monoisotopic (exact) mass is 355 g/mol. The first-order valence-corrected chi connectivity index (χ1v) is 8.35. The van der Waals surface area contributed by atoms with Crippen LogP contribution >= 0.6 is 11.6 Å². The van der Waals surface area contributed by atoms with Crippen molar-refractivity contribution < 1.29 is 9.18 Å². The first-order valence-electron chi connectivity index (χ1n) is 7.98. The molecule has 0 spiro atoms. The zero-order chi connectivity index (χ0) is 17.4. The normalized spacial score (nSPS) is 18.8. The Morgan fingerprint density at radius 3 is 2.84 bits per heavy atom. The van der Waals surface area contributed by atoms with Crippen molar-refractivity contribution in [3.8, 4) is 5.69 Å². The van der Waals surface area contributed by atoms with Crippen LogP contribution in [0.2, 0.25) is 5.02 Å². The Balaban J connectivity index is 1.44. The Labute approximate surface area is 149 Å². The van der Waals surface area contributed by atoms with E-state index in [2.05, 4.69) is 10.4 Å². The van der Waals surface area contributed by atoms with Gasteiger partial charge < -0.3 is 5.32 Å². The zero-order valence-corrected chi connectivity index (χ0v) is 13.9. The van der Waals surface area contributed by atoms with Gasteiger partial charge >= 0.3 is 0 Å². The summed E-state index contributed by atoms with van der Waals surface area (Å²) < 4.78 is 15.7. The van der Waals surface area contributed by atoms with Gasteiger partial charge in [0.2, 0.25) is 5.91 Å². The largest absolute Gasteiger partial charge is 0.326 e. The summed E-state index contributed by atoms with van der Waals surface area (Å²) in [6, 6.07) is 13.9. The number of anilines is 1. The van der Waals surface area contributed by atoms with Crippen molar-refractivity contribution in [2.75, 3.05) is 5.32 Å². The predicted molar refractivity (Wildman–Crippen MR) is 94.5 cm³/mol. The molecule has 0 aliphatic heterocycles. The van der Waals surface area contributed by atoms with Crippen LogP contribution in [0.1, 0.15) is 17.9 Å². The maximum atomic E-state index is 14.2. The predicted octanol–water partition coefficient (Wildman–Crippen LogP) is 4.41. The van der Waals surface area contributed by atoms with Crippen molar-refractivity contribution in [1.82, 2.24) is 9.78 Å². The van der Waals surface area contributed by atoms with Crippen LogP contribution in [0.15, 0.2) is 60.9 Å². The Kier molecular flexibility index (Phi) is 4.01. The number of nitrogens with zero attached hydrogens (tertiary/aromatic N) is 2. The number of halogens is 2. The van der Waals surface area contributed by atoms with Crippen molar-refractivity contribution in [2.45, 2.75) is 12.3 Å². The van der Waals surface area contributed by atoms with Crippen LogP contribution in [0.3, 0.4) is 0 Å². The number of nitrogens with one attached hydrogen (secondary N) is 1. The van der Waals surface area contributed by atoms with Crippen molar-refractivity contribution >= 4 is 23.2 Å². The minimum atomic E-state index is -0.441. The van der Waals surface area contributed by atoms with Gasteiger partial charge in [0.25, 0.3) is 0 Å². The van der Waals surface area contributed by atoms with Gasteiger partial charge in [0.05, 0.1) is 0 Å². The van der Waals surface area contributed by atoms with E-state index in [0.29, 0.717) is 16.4 Å². The third-order valence-electron chi connectivity index (χ3n) is 4.37. The van der Waals surface area contributed by atoms with Gasteiger partial charge in [-0.15, -0.1) is 0 Å². The maximum absolute atomic E-state index is 14.2. The van der Waals surface area contributed by atoms with Crippen LogP contribution in [0.5, 0.6) is 0 Å². The summed E-state index contributed by atoms with van der Waals surface area (Å²) >= 11 is 6.00. The molecule has 4 rings (SSSR count). The lowest BCUT2D eigenvalue weighted by Gasteiger charge is -2.08. The molecule has 4 nitrogen and oxygen atoms in total. The molecule has 1 fully saturated rings. The molecule has 1 aliphatic carbocycles. The minimum absolute atomic E-state index is 0.101. The number of amides is 1. The molecule has 25 heavy (non-hydrogen) atoms. The van der Waals surface area contributed by atoms with Gasteiger partial charge in [-0.2, -0.15) is 5.10 Å². The van der Waals surface area contributed by atoms with Crippen molar-refractivity contribution in [3.63, 3.8) is 0 Å². The van der Waals surface area contributed by atoms with E-state index in [1.165, 1.54) is 10.7 Å². The summed E-state index contributed by atoms with van der Waals surface area (Å²) in [5.74, 6) is -0.473. The molecular weight excluding hydrogens is 341 g/mol. The second kappa shape index (κ2) is 6.33. The fourth-order valence-electron chi connectivity index (χ4n) is 3.01. The molecule has 1 amide bonds. The highest BCUT2D eigenvalue weighted by Crippen LogP contribution is 2.48. The van der Waals surface area contributed by atoms with E-state index in [-0.39, 0.29) is 17.7 Å². The Hall–Kier alpha value is -2.66. The summed E-state index contributed by atoms with van der Waals surface area (Å²) in [7, 11) is 0. The summed E-state index contributed by atoms with van der Waals surface area (Å²) in [6.07, 6.45) is 4.02. The maximum Gasteiger partial charge on any atom is 0.228 e. The van der Waals surface area contributed by atoms with Gasteiger partial charge in [-0.05, 0) is 54.3 Å². The lowest BCUT2D eigenvalue weighted by Crippen LogP contribution is -2.15. The van der Waals surface area contributed by atoms with E-state index in [9.17, 15) is 9.18 Å².